The maximum atomic E-state index is 11.8. The minimum absolute atomic E-state index is 0.0504. The minimum Gasteiger partial charge on any atom is -0.478 e. The van der Waals surface area contributed by atoms with Crippen molar-refractivity contribution in [3.05, 3.63) is 41.5 Å². The lowest BCUT2D eigenvalue weighted by atomic mass is 10.1. The lowest BCUT2D eigenvalue weighted by molar-refractivity contribution is -0.129. The maximum Gasteiger partial charge on any atom is 0.335 e. The first kappa shape index (κ1) is 13.3. The van der Waals surface area contributed by atoms with Crippen LogP contribution in [0, 0.1) is 0 Å². The molecule has 1 saturated heterocycles. The number of aromatic carboxylic acids is 1. The van der Waals surface area contributed by atoms with Crippen molar-refractivity contribution in [2.75, 3.05) is 26.3 Å². The van der Waals surface area contributed by atoms with Crippen molar-refractivity contribution >= 4 is 18.0 Å². The van der Waals surface area contributed by atoms with E-state index in [-0.39, 0.29) is 11.5 Å². The summed E-state index contributed by atoms with van der Waals surface area (Å²) in [5.74, 6) is -1.01. The van der Waals surface area contributed by atoms with Gasteiger partial charge in [0.05, 0.1) is 18.8 Å². The zero-order chi connectivity index (χ0) is 13.7. The highest BCUT2D eigenvalue weighted by Crippen LogP contribution is 2.07. The first-order valence-corrected chi connectivity index (χ1v) is 6.05. The molecule has 5 nitrogen and oxygen atoms in total. The fraction of sp³-hybridized carbons (Fsp3) is 0.286. The van der Waals surface area contributed by atoms with E-state index < -0.39 is 5.97 Å². The topological polar surface area (TPSA) is 66.8 Å². The quantitative estimate of drug-likeness (QED) is 0.832. The summed E-state index contributed by atoms with van der Waals surface area (Å²) < 4.78 is 5.17. The Kier molecular flexibility index (Phi) is 4.30. The lowest BCUT2D eigenvalue weighted by Gasteiger charge is -2.25. The predicted octanol–water partition coefficient (Wildman–Crippen LogP) is 1.26. The Bertz CT molecular complexity index is 487. The third-order valence-electron chi connectivity index (χ3n) is 2.90. The summed E-state index contributed by atoms with van der Waals surface area (Å²) in [6.07, 6.45) is 3.19. The maximum absolute atomic E-state index is 11.8. The van der Waals surface area contributed by atoms with E-state index in [1.54, 1.807) is 23.1 Å². The van der Waals surface area contributed by atoms with Crippen molar-refractivity contribution in [1.82, 2.24) is 4.90 Å². The second-order valence-corrected chi connectivity index (χ2v) is 4.20. The average Bonchev–Trinajstić information content (AvgIpc) is 2.46. The number of hydrogen-bond acceptors (Lipinski definition) is 3. The molecule has 1 fully saturated rings. The van der Waals surface area contributed by atoms with E-state index in [9.17, 15) is 9.59 Å². The predicted molar refractivity (Wildman–Crippen MR) is 69.8 cm³/mol. The number of benzene rings is 1. The van der Waals surface area contributed by atoms with Gasteiger partial charge in [-0.25, -0.2) is 4.79 Å². The molecule has 1 heterocycles. The SMILES string of the molecule is O=C(O)c1ccc(C=CC(=O)N2CCOCC2)cc1. The number of nitrogens with zero attached hydrogens (tertiary/aromatic N) is 1. The summed E-state index contributed by atoms with van der Waals surface area (Å²) in [5, 5.41) is 8.77. The van der Waals surface area contributed by atoms with Gasteiger partial charge in [-0.3, -0.25) is 4.79 Å². The molecule has 1 aromatic rings. The molecule has 0 aliphatic carbocycles. The summed E-state index contributed by atoms with van der Waals surface area (Å²) in [6.45, 7) is 2.38. The molecule has 0 atom stereocenters. The highest BCUT2D eigenvalue weighted by atomic mass is 16.5. The number of carbonyl (C=O) groups excluding carboxylic acids is 1. The molecule has 1 aliphatic heterocycles. The van der Waals surface area contributed by atoms with E-state index in [1.807, 2.05) is 0 Å². The molecule has 1 aromatic carbocycles. The largest absolute Gasteiger partial charge is 0.478 e. The molecule has 0 spiro atoms. The van der Waals surface area contributed by atoms with Crippen molar-refractivity contribution < 1.29 is 19.4 Å². The van der Waals surface area contributed by atoms with Gasteiger partial charge in [-0.05, 0) is 23.8 Å². The van der Waals surface area contributed by atoms with E-state index in [0.717, 1.165) is 5.56 Å². The number of rotatable bonds is 3. The highest BCUT2D eigenvalue weighted by Gasteiger charge is 2.13. The number of hydrogen-bond donors (Lipinski definition) is 1. The van der Waals surface area contributed by atoms with E-state index in [2.05, 4.69) is 0 Å². The Morgan fingerprint density at radius 1 is 1.16 bits per heavy atom. The zero-order valence-electron chi connectivity index (χ0n) is 10.4. The molecule has 0 saturated carbocycles. The van der Waals surface area contributed by atoms with Gasteiger partial charge in [0.2, 0.25) is 5.91 Å². The van der Waals surface area contributed by atoms with E-state index in [1.165, 1.54) is 18.2 Å². The van der Waals surface area contributed by atoms with Crippen molar-refractivity contribution in [3.63, 3.8) is 0 Å². The van der Waals surface area contributed by atoms with Crippen molar-refractivity contribution in [3.8, 4) is 0 Å². The molecule has 0 aromatic heterocycles. The molecular weight excluding hydrogens is 246 g/mol. The molecule has 100 valence electrons. The summed E-state index contributed by atoms with van der Waals surface area (Å²) in [4.78, 5) is 24.3. The van der Waals surface area contributed by atoms with Crippen LogP contribution in [0.5, 0.6) is 0 Å². The van der Waals surface area contributed by atoms with Gasteiger partial charge in [0.1, 0.15) is 0 Å². The van der Waals surface area contributed by atoms with Crippen LogP contribution < -0.4 is 0 Å². The Morgan fingerprint density at radius 3 is 2.37 bits per heavy atom. The van der Waals surface area contributed by atoms with Crippen LogP contribution in [0.4, 0.5) is 0 Å². The van der Waals surface area contributed by atoms with Crippen LogP contribution in [-0.4, -0.2) is 48.2 Å². The molecule has 1 amide bonds. The van der Waals surface area contributed by atoms with Gasteiger partial charge < -0.3 is 14.7 Å². The van der Waals surface area contributed by atoms with Gasteiger partial charge in [-0.2, -0.15) is 0 Å². The Hall–Kier alpha value is -2.14. The summed E-state index contributed by atoms with van der Waals surface area (Å²) in [6, 6.07) is 6.38. The summed E-state index contributed by atoms with van der Waals surface area (Å²) in [5.41, 5.74) is 1.03. The summed E-state index contributed by atoms with van der Waals surface area (Å²) in [7, 11) is 0. The normalized spacial score (nSPS) is 15.7. The molecule has 0 unspecified atom stereocenters. The van der Waals surface area contributed by atoms with E-state index >= 15 is 0 Å². The van der Waals surface area contributed by atoms with Gasteiger partial charge >= 0.3 is 5.97 Å². The van der Waals surface area contributed by atoms with Crippen LogP contribution in [0.25, 0.3) is 6.08 Å². The third-order valence-corrected chi connectivity index (χ3v) is 2.90. The molecule has 19 heavy (non-hydrogen) atoms. The molecule has 2 rings (SSSR count). The highest BCUT2D eigenvalue weighted by molar-refractivity contribution is 5.92. The Labute approximate surface area is 111 Å². The number of carboxylic acid groups (broad SMARTS) is 1. The van der Waals surface area contributed by atoms with Crippen molar-refractivity contribution in [1.29, 1.82) is 0 Å². The summed E-state index contributed by atoms with van der Waals surface area (Å²) >= 11 is 0. The van der Waals surface area contributed by atoms with E-state index in [0.29, 0.717) is 26.3 Å². The third kappa shape index (κ3) is 3.66. The molecular formula is C14H15NO4. The van der Waals surface area contributed by atoms with Gasteiger partial charge in [0, 0.05) is 19.2 Å². The van der Waals surface area contributed by atoms with Crippen LogP contribution in [0.2, 0.25) is 0 Å². The van der Waals surface area contributed by atoms with Crippen molar-refractivity contribution in [2.24, 2.45) is 0 Å². The first-order valence-electron chi connectivity index (χ1n) is 6.05. The molecule has 1 aliphatic rings. The average molecular weight is 261 g/mol. The second kappa shape index (κ2) is 6.15. The lowest BCUT2D eigenvalue weighted by Crippen LogP contribution is -2.39. The van der Waals surface area contributed by atoms with Crippen LogP contribution in [-0.2, 0) is 9.53 Å². The van der Waals surface area contributed by atoms with Crippen molar-refractivity contribution in [2.45, 2.75) is 0 Å². The second-order valence-electron chi connectivity index (χ2n) is 4.20. The molecule has 1 N–H and O–H groups in total. The Balaban J connectivity index is 1.97. The fourth-order valence-corrected chi connectivity index (χ4v) is 1.79. The standard InChI is InChI=1S/C14H15NO4/c16-13(15-7-9-19-10-8-15)6-3-11-1-4-12(5-2-11)14(17)18/h1-6H,7-10H2,(H,17,18). The number of carboxylic acids is 1. The first-order chi connectivity index (χ1) is 9.16. The van der Waals surface area contributed by atoms with Crippen LogP contribution >= 0.6 is 0 Å². The smallest absolute Gasteiger partial charge is 0.335 e. The van der Waals surface area contributed by atoms with Crippen LogP contribution in [0.3, 0.4) is 0 Å². The molecule has 0 radical (unpaired) electrons. The number of morpholine rings is 1. The molecule has 5 heteroatoms. The van der Waals surface area contributed by atoms with Crippen LogP contribution in [0.15, 0.2) is 30.3 Å². The monoisotopic (exact) mass is 261 g/mol. The Morgan fingerprint density at radius 2 is 1.79 bits per heavy atom. The number of ether oxygens (including phenoxy) is 1. The van der Waals surface area contributed by atoms with E-state index in [4.69, 9.17) is 9.84 Å². The minimum atomic E-state index is -0.958. The fourth-order valence-electron chi connectivity index (χ4n) is 1.79. The van der Waals surface area contributed by atoms with Gasteiger partial charge in [-0.15, -0.1) is 0 Å². The van der Waals surface area contributed by atoms with Crippen LogP contribution in [0.1, 0.15) is 15.9 Å². The number of amides is 1. The van der Waals surface area contributed by atoms with Gasteiger partial charge in [0.25, 0.3) is 0 Å². The van der Waals surface area contributed by atoms with Gasteiger partial charge in [0.15, 0.2) is 0 Å². The number of carbonyl (C=O) groups is 2. The molecule has 0 bridgehead atoms. The zero-order valence-corrected chi connectivity index (χ0v) is 10.4. The van der Waals surface area contributed by atoms with Gasteiger partial charge in [-0.1, -0.05) is 12.1 Å².